The Morgan fingerprint density at radius 3 is 2.80 bits per heavy atom. The SMILES string of the molecule is C=CCOc1cccc(C(=O)N2CCc3c(C(=O)NCc4ccsc4)c(OC)cc(=O)n3CC2)c1. The first-order valence-corrected chi connectivity index (χ1v) is 12.2. The van der Waals surface area contributed by atoms with Crippen molar-refractivity contribution < 1.29 is 19.1 Å². The lowest BCUT2D eigenvalue weighted by molar-refractivity contribution is 0.0758. The van der Waals surface area contributed by atoms with Crippen molar-refractivity contribution in [2.45, 2.75) is 19.5 Å². The minimum atomic E-state index is -0.316. The predicted molar refractivity (Wildman–Crippen MR) is 134 cm³/mol. The molecule has 1 aliphatic heterocycles. The van der Waals surface area contributed by atoms with Crippen LogP contribution in [0.3, 0.4) is 0 Å². The number of fused-ring (bicyclic) bond motifs is 1. The van der Waals surface area contributed by atoms with Crippen LogP contribution < -0.4 is 20.3 Å². The largest absolute Gasteiger partial charge is 0.496 e. The van der Waals surface area contributed by atoms with Gasteiger partial charge in [-0.05, 0) is 40.6 Å². The molecule has 0 saturated carbocycles. The Hall–Kier alpha value is -3.85. The molecule has 2 amide bonds. The van der Waals surface area contributed by atoms with Crippen LogP contribution in [0.15, 0.2) is 64.6 Å². The lowest BCUT2D eigenvalue weighted by Gasteiger charge is -2.20. The zero-order valence-electron chi connectivity index (χ0n) is 19.5. The van der Waals surface area contributed by atoms with E-state index < -0.39 is 0 Å². The van der Waals surface area contributed by atoms with Crippen LogP contribution >= 0.6 is 11.3 Å². The second-order valence-electron chi connectivity index (χ2n) is 8.01. The molecule has 1 aliphatic rings. The molecule has 0 radical (unpaired) electrons. The molecule has 3 heterocycles. The first-order valence-electron chi connectivity index (χ1n) is 11.2. The Balaban J connectivity index is 1.57. The average molecular weight is 494 g/mol. The summed E-state index contributed by atoms with van der Waals surface area (Å²) in [5.41, 5.74) is 2.13. The molecule has 4 rings (SSSR count). The zero-order chi connectivity index (χ0) is 24.8. The van der Waals surface area contributed by atoms with E-state index in [4.69, 9.17) is 9.47 Å². The molecular weight excluding hydrogens is 466 g/mol. The van der Waals surface area contributed by atoms with E-state index in [-0.39, 0.29) is 29.7 Å². The molecule has 1 N–H and O–H groups in total. The van der Waals surface area contributed by atoms with Crippen molar-refractivity contribution in [3.8, 4) is 11.5 Å². The monoisotopic (exact) mass is 493 g/mol. The summed E-state index contributed by atoms with van der Waals surface area (Å²) in [5.74, 6) is 0.337. The number of hydrogen-bond acceptors (Lipinski definition) is 6. The normalized spacial score (nSPS) is 12.9. The minimum Gasteiger partial charge on any atom is -0.496 e. The van der Waals surface area contributed by atoms with Gasteiger partial charge in [-0.1, -0.05) is 18.7 Å². The van der Waals surface area contributed by atoms with Crippen LogP contribution in [0, 0.1) is 0 Å². The summed E-state index contributed by atoms with van der Waals surface area (Å²) in [5, 5.41) is 6.83. The van der Waals surface area contributed by atoms with E-state index in [0.717, 1.165) is 5.56 Å². The number of benzene rings is 1. The maximum atomic E-state index is 13.3. The highest BCUT2D eigenvalue weighted by Crippen LogP contribution is 2.24. The molecule has 0 spiro atoms. The number of aromatic nitrogens is 1. The summed E-state index contributed by atoms with van der Waals surface area (Å²) in [6.45, 7) is 5.33. The van der Waals surface area contributed by atoms with Crippen molar-refractivity contribution >= 4 is 23.2 Å². The highest BCUT2D eigenvalue weighted by Gasteiger charge is 2.27. The summed E-state index contributed by atoms with van der Waals surface area (Å²) >= 11 is 1.56. The van der Waals surface area contributed by atoms with Crippen molar-refractivity contribution in [3.63, 3.8) is 0 Å². The highest BCUT2D eigenvalue weighted by atomic mass is 32.1. The lowest BCUT2D eigenvalue weighted by atomic mass is 10.1. The van der Waals surface area contributed by atoms with Gasteiger partial charge < -0.3 is 24.3 Å². The molecule has 0 fully saturated rings. The van der Waals surface area contributed by atoms with Crippen LogP contribution in [0.5, 0.6) is 11.5 Å². The van der Waals surface area contributed by atoms with Gasteiger partial charge in [0.2, 0.25) is 0 Å². The van der Waals surface area contributed by atoms with Gasteiger partial charge in [-0.3, -0.25) is 14.4 Å². The number of carbonyl (C=O) groups excluding carboxylic acids is 2. The molecule has 9 heteroatoms. The number of pyridine rings is 1. The Bertz CT molecular complexity index is 1280. The number of amides is 2. The predicted octanol–water partition coefficient (Wildman–Crippen LogP) is 3.11. The summed E-state index contributed by atoms with van der Waals surface area (Å²) < 4.78 is 12.5. The van der Waals surface area contributed by atoms with E-state index in [0.29, 0.717) is 55.2 Å². The lowest BCUT2D eigenvalue weighted by Crippen LogP contribution is -2.34. The molecule has 2 aromatic heterocycles. The Labute approximate surface area is 207 Å². The molecule has 35 heavy (non-hydrogen) atoms. The second-order valence-corrected chi connectivity index (χ2v) is 8.79. The molecule has 0 aliphatic carbocycles. The van der Waals surface area contributed by atoms with Gasteiger partial charge in [0.1, 0.15) is 23.7 Å². The van der Waals surface area contributed by atoms with Gasteiger partial charge in [-0.2, -0.15) is 11.3 Å². The number of thiophene rings is 1. The molecular formula is C26H27N3O5S. The van der Waals surface area contributed by atoms with E-state index in [9.17, 15) is 14.4 Å². The molecule has 0 saturated heterocycles. The van der Waals surface area contributed by atoms with Crippen molar-refractivity contribution in [2.75, 3.05) is 26.8 Å². The van der Waals surface area contributed by atoms with Gasteiger partial charge in [-0.15, -0.1) is 0 Å². The fraction of sp³-hybridized carbons (Fsp3) is 0.269. The van der Waals surface area contributed by atoms with E-state index in [1.54, 1.807) is 51.1 Å². The number of nitrogens with zero attached hydrogens (tertiary/aromatic N) is 2. The number of hydrogen-bond donors (Lipinski definition) is 1. The van der Waals surface area contributed by atoms with Gasteiger partial charge in [0, 0.05) is 49.9 Å². The quantitative estimate of drug-likeness (QED) is 0.487. The number of rotatable bonds is 8. The van der Waals surface area contributed by atoms with Crippen molar-refractivity contribution in [1.29, 1.82) is 0 Å². The molecule has 3 aromatic rings. The van der Waals surface area contributed by atoms with Crippen molar-refractivity contribution in [1.82, 2.24) is 14.8 Å². The average Bonchev–Trinajstić information content (AvgIpc) is 3.30. The van der Waals surface area contributed by atoms with Gasteiger partial charge in [0.25, 0.3) is 17.4 Å². The number of nitrogens with one attached hydrogen (secondary N) is 1. The molecule has 182 valence electrons. The van der Waals surface area contributed by atoms with E-state index >= 15 is 0 Å². The first-order chi connectivity index (χ1) is 17.0. The smallest absolute Gasteiger partial charge is 0.257 e. The van der Waals surface area contributed by atoms with Crippen molar-refractivity contribution in [2.24, 2.45) is 0 Å². The van der Waals surface area contributed by atoms with Crippen LogP contribution in [0.25, 0.3) is 0 Å². The fourth-order valence-electron chi connectivity index (χ4n) is 4.08. The van der Waals surface area contributed by atoms with Crippen LogP contribution in [-0.4, -0.2) is 48.1 Å². The summed E-state index contributed by atoms with van der Waals surface area (Å²) in [7, 11) is 1.44. The van der Waals surface area contributed by atoms with E-state index in [1.807, 2.05) is 16.8 Å². The topological polar surface area (TPSA) is 89.9 Å². The summed E-state index contributed by atoms with van der Waals surface area (Å²) in [4.78, 5) is 40.9. The summed E-state index contributed by atoms with van der Waals surface area (Å²) in [6, 6.07) is 10.3. The summed E-state index contributed by atoms with van der Waals surface area (Å²) in [6.07, 6.45) is 1.98. The maximum absolute atomic E-state index is 13.3. The first kappa shape index (κ1) is 24.3. The number of methoxy groups -OCH3 is 1. The Morgan fingerprint density at radius 2 is 2.06 bits per heavy atom. The Kier molecular flexibility index (Phi) is 7.67. The number of ether oxygens (including phenoxy) is 2. The molecule has 0 atom stereocenters. The maximum Gasteiger partial charge on any atom is 0.257 e. The van der Waals surface area contributed by atoms with Gasteiger partial charge in [0.05, 0.1) is 7.11 Å². The fourth-order valence-corrected chi connectivity index (χ4v) is 4.75. The van der Waals surface area contributed by atoms with Gasteiger partial charge in [-0.25, -0.2) is 0 Å². The third-order valence-electron chi connectivity index (χ3n) is 5.81. The van der Waals surface area contributed by atoms with Gasteiger partial charge in [0.15, 0.2) is 0 Å². The Morgan fingerprint density at radius 1 is 1.20 bits per heavy atom. The van der Waals surface area contributed by atoms with E-state index in [2.05, 4.69) is 11.9 Å². The van der Waals surface area contributed by atoms with Crippen LogP contribution in [0.4, 0.5) is 0 Å². The third-order valence-corrected chi connectivity index (χ3v) is 6.54. The van der Waals surface area contributed by atoms with E-state index in [1.165, 1.54) is 13.2 Å². The standard InChI is InChI=1S/C26H27N3O5S/c1-3-12-34-20-6-4-5-19(14-20)26(32)28-9-7-21-24(25(31)27-16-18-8-13-35-17-18)22(33-2)15-23(30)29(21)11-10-28/h3-6,8,13-15,17H,1,7,9-12,16H2,2H3,(H,27,31). The molecule has 0 unspecified atom stereocenters. The van der Waals surface area contributed by atoms with Crippen LogP contribution in [0.1, 0.15) is 32.0 Å². The van der Waals surface area contributed by atoms with Crippen molar-refractivity contribution in [3.05, 3.63) is 92.6 Å². The molecule has 1 aromatic carbocycles. The van der Waals surface area contributed by atoms with Crippen LogP contribution in [-0.2, 0) is 19.5 Å². The second kappa shape index (κ2) is 11.1. The molecule has 0 bridgehead atoms. The van der Waals surface area contributed by atoms with Gasteiger partial charge >= 0.3 is 0 Å². The minimum absolute atomic E-state index is 0.162. The highest BCUT2D eigenvalue weighted by molar-refractivity contribution is 7.07. The number of carbonyl (C=O) groups is 2. The van der Waals surface area contributed by atoms with Crippen LogP contribution in [0.2, 0.25) is 0 Å². The molecule has 8 nitrogen and oxygen atoms in total. The zero-order valence-corrected chi connectivity index (χ0v) is 20.3. The third kappa shape index (κ3) is 5.46.